The molecule has 3 aliphatic rings. The lowest BCUT2D eigenvalue weighted by Gasteiger charge is -2.37. The van der Waals surface area contributed by atoms with E-state index < -0.39 is 17.9 Å². The van der Waals surface area contributed by atoms with Crippen LogP contribution in [-0.2, 0) is 4.79 Å². The van der Waals surface area contributed by atoms with E-state index in [0.29, 0.717) is 37.3 Å². The SMILES string of the molecule is CC(C(=O)N1CCN(c2ccc(N3CCN(C)CC3)nn2)CC1)N1C(=O)c2ccccc2C1=O. The van der Waals surface area contributed by atoms with E-state index in [-0.39, 0.29) is 5.91 Å². The van der Waals surface area contributed by atoms with Crippen molar-refractivity contribution in [3.8, 4) is 0 Å². The molecule has 1 aromatic carbocycles. The van der Waals surface area contributed by atoms with Crippen molar-refractivity contribution in [2.45, 2.75) is 13.0 Å². The summed E-state index contributed by atoms with van der Waals surface area (Å²) in [6.07, 6.45) is 0. The highest BCUT2D eigenvalue weighted by Gasteiger charge is 2.42. The number of piperazine rings is 2. The van der Waals surface area contributed by atoms with Gasteiger partial charge in [0.2, 0.25) is 5.91 Å². The second-order valence-electron chi connectivity index (χ2n) is 9.05. The van der Waals surface area contributed by atoms with Crippen molar-refractivity contribution in [1.29, 1.82) is 0 Å². The Bertz CT molecular complexity index is 1060. The summed E-state index contributed by atoms with van der Waals surface area (Å²) in [6, 6.07) is 9.85. The maximum absolute atomic E-state index is 13.1. The van der Waals surface area contributed by atoms with Crippen LogP contribution in [0.4, 0.5) is 11.6 Å². The molecule has 0 N–H and O–H groups in total. The van der Waals surface area contributed by atoms with Gasteiger partial charge < -0.3 is 19.6 Å². The minimum absolute atomic E-state index is 0.217. The molecular formula is C24H29N7O3. The Hall–Kier alpha value is -3.53. The average Bonchev–Trinajstić information content (AvgIpc) is 3.14. The van der Waals surface area contributed by atoms with Gasteiger partial charge in [0.05, 0.1) is 11.1 Å². The van der Waals surface area contributed by atoms with Gasteiger partial charge in [0.15, 0.2) is 11.6 Å². The number of rotatable bonds is 4. The second kappa shape index (κ2) is 9.02. The van der Waals surface area contributed by atoms with Crippen LogP contribution in [0.5, 0.6) is 0 Å². The number of imide groups is 1. The highest BCUT2D eigenvalue weighted by molar-refractivity contribution is 6.22. The van der Waals surface area contributed by atoms with Crippen LogP contribution in [0.15, 0.2) is 36.4 Å². The number of benzene rings is 1. The molecule has 1 unspecified atom stereocenters. The van der Waals surface area contributed by atoms with Crippen LogP contribution in [0.3, 0.4) is 0 Å². The molecule has 1 aromatic heterocycles. The first-order chi connectivity index (χ1) is 16.4. The van der Waals surface area contributed by atoms with Gasteiger partial charge in [0.1, 0.15) is 6.04 Å². The Morgan fingerprint density at radius 3 is 1.71 bits per heavy atom. The molecule has 0 aliphatic carbocycles. The monoisotopic (exact) mass is 463 g/mol. The molecule has 5 rings (SSSR count). The van der Waals surface area contributed by atoms with Gasteiger partial charge in [-0.1, -0.05) is 12.1 Å². The van der Waals surface area contributed by atoms with Gasteiger partial charge in [-0.3, -0.25) is 19.3 Å². The van der Waals surface area contributed by atoms with Crippen LogP contribution in [-0.4, -0.2) is 108 Å². The van der Waals surface area contributed by atoms with E-state index in [1.54, 1.807) is 36.1 Å². The zero-order valence-corrected chi connectivity index (χ0v) is 19.6. The van der Waals surface area contributed by atoms with Crippen LogP contribution in [0.1, 0.15) is 27.6 Å². The third kappa shape index (κ3) is 3.98. The molecule has 0 radical (unpaired) electrons. The highest BCUT2D eigenvalue weighted by Crippen LogP contribution is 2.25. The van der Waals surface area contributed by atoms with Gasteiger partial charge in [-0.25, -0.2) is 0 Å². The van der Waals surface area contributed by atoms with E-state index >= 15 is 0 Å². The quantitative estimate of drug-likeness (QED) is 0.608. The second-order valence-corrected chi connectivity index (χ2v) is 9.05. The van der Waals surface area contributed by atoms with Gasteiger partial charge in [0, 0.05) is 52.4 Å². The van der Waals surface area contributed by atoms with E-state index in [1.807, 2.05) is 12.1 Å². The molecule has 178 valence electrons. The smallest absolute Gasteiger partial charge is 0.262 e. The minimum atomic E-state index is -0.846. The third-order valence-corrected chi connectivity index (χ3v) is 6.95. The van der Waals surface area contributed by atoms with E-state index in [4.69, 9.17) is 0 Å². The molecule has 2 aromatic rings. The van der Waals surface area contributed by atoms with E-state index in [9.17, 15) is 14.4 Å². The summed E-state index contributed by atoms with van der Waals surface area (Å²) in [5, 5.41) is 8.85. The molecule has 34 heavy (non-hydrogen) atoms. The van der Waals surface area contributed by atoms with E-state index in [1.165, 1.54) is 0 Å². The number of anilines is 2. The Morgan fingerprint density at radius 2 is 1.24 bits per heavy atom. The van der Waals surface area contributed by atoms with Crippen LogP contribution >= 0.6 is 0 Å². The molecule has 2 saturated heterocycles. The number of aromatic nitrogens is 2. The molecule has 10 heteroatoms. The molecule has 0 spiro atoms. The number of likely N-dealkylation sites (N-methyl/N-ethyl adjacent to an activating group) is 1. The zero-order valence-electron chi connectivity index (χ0n) is 19.6. The molecule has 3 aliphatic heterocycles. The van der Waals surface area contributed by atoms with Gasteiger partial charge >= 0.3 is 0 Å². The van der Waals surface area contributed by atoms with E-state index in [0.717, 1.165) is 42.7 Å². The van der Waals surface area contributed by atoms with Crippen LogP contribution in [0, 0.1) is 0 Å². The molecule has 2 fully saturated rings. The summed E-state index contributed by atoms with van der Waals surface area (Å²) in [5.41, 5.74) is 0.714. The molecule has 0 bridgehead atoms. The summed E-state index contributed by atoms with van der Waals surface area (Å²) in [7, 11) is 2.12. The molecule has 10 nitrogen and oxygen atoms in total. The lowest BCUT2D eigenvalue weighted by atomic mass is 10.1. The Labute approximate surface area is 198 Å². The molecule has 3 amide bonds. The summed E-state index contributed by atoms with van der Waals surface area (Å²) < 4.78 is 0. The first-order valence-corrected chi connectivity index (χ1v) is 11.7. The first-order valence-electron chi connectivity index (χ1n) is 11.7. The summed E-state index contributed by atoms with van der Waals surface area (Å²) >= 11 is 0. The molecule has 4 heterocycles. The normalized spacial score (nSPS) is 20.1. The van der Waals surface area contributed by atoms with Gasteiger partial charge in [-0.2, -0.15) is 0 Å². The van der Waals surface area contributed by atoms with Crippen molar-refractivity contribution in [2.24, 2.45) is 0 Å². The largest absolute Gasteiger partial charge is 0.353 e. The lowest BCUT2D eigenvalue weighted by molar-refractivity contribution is -0.135. The zero-order chi connectivity index (χ0) is 23.8. The fourth-order valence-electron chi connectivity index (χ4n) is 4.78. The van der Waals surface area contributed by atoms with Gasteiger partial charge in [0.25, 0.3) is 11.8 Å². The van der Waals surface area contributed by atoms with Crippen LogP contribution < -0.4 is 9.80 Å². The van der Waals surface area contributed by atoms with Crippen molar-refractivity contribution in [1.82, 2.24) is 24.9 Å². The predicted molar refractivity (Wildman–Crippen MR) is 127 cm³/mol. The number of hydrogen-bond donors (Lipinski definition) is 0. The van der Waals surface area contributed by atoms with Crippen molar-refractivity contribution < 1.29 is 14.4 Å². The van der Waals surface area contributed by atoms with Crippen molar-refractivity contribution in [2.75, 3.05) is 69.2 Å². The predicted octanol–water partition coefficient (Wildman–Crippen LogP) is 0.562. The maximum atomic E-state index is 13.1. The first kappa shape index (κ1) is 22.3. The van der Waals surface area contributed by atoms with E-state index in [2.05, 4.69) is 31.9 Å². The minimum Gasteiger partial charge on any atom is -0.353 e. The number of carbonyl (C=O) groups is 3. The summed E-state index contributed by atoms with van der Waals surface area (Å²) in [6.45, 7) is 7.75. The number of carbonyl (C=O) groups excluding carboxylic acids is 3. The maximum Gasteiger partial charge on any atom is 0.262 e. The Balaban J connectivity index is 1.18. The fourth-order valence-corrected chi connectivity index (χ4v) is 4.78. The van der Waals surface area contributed by atoms with Gasteiger partial charge in [-0.05, 0) is 38.2 Å². The van der Waals surface area contributed by atoms with Gasteiger partial charge in [-0.15, -0.1) is 10.2 Å². The Kier molecular flexibility index (Phi) is 5.91. The molecule has 0 saturated carbocycles. The van der Waals surface area contributed by atoms with Crippen molar-refractivity contribution in [3.05, 3.63) is 47.5 Å². The molecule has 1 atom stereocenters. The number of amides is 3. The number of nitrogens with zero attached hydrogens (tertiary/aromatic N) is 7. The topological polar surface area (TPSA) is 93.2 Å². The lowest BCUT2D eigenvalue weighted by Crippen LogP contribution is -2.55. The average molecular weight is 464 g/mol. The van der Waals surface area contributed by atoms with Crippen LogP contribution in [0.2, 0.25) is 0 Å². The van der Waals surface area contributed by atoms with Crippen molar-refractivity contribution >= 4 is 29.4 Å². The summed E-state index contributed by atoms with van der Waals surface area (Å²) in [5.74, 6) is 0.649. The standard InChI is InChI=1S/C24H29N7O3/c1-17(31-23(33)18-5-3-4-6-19(18)24(31)34)22(32)30-15-13-29(14-16-30)21-8-7-20(25-26-21)28-11-9-27(2)10-12-28/h3-8,17H,9-16H2,1-2H3. The fraction of sp³-hybridized carbons (Fsp3) is 0.458. The number of hydrogen-bond acceptors (Lipinski definition) is 8. The highest BCUT2D eigenvalue weighted by atomic mass is 16.2. The van der Waals surface area contributed by atoms with Crippen LogP contribution in [0.25, 0.3) is 0 Å². The Morgan fingerprint density at radius 1 is 0.765 bits per heavy atom. The third-order valence-electron chi connectivity index (χ3n) is 6.95. The number of fused-ring (bicyclic) bond motifs is 1. The molecular weight excluding hydrogens is 434 g/mol. The van der Waals surface area contributed by atoms with Crippen molar-refractivity contribution in [3.63, 3.8) is 0 Å². The summed E-state index contributed by atoms with van der Waals surface area (Å²) in [4.78, 5) is 48.1.